The second-order valence-electron chi connectivity index (χ2n) is 5.06. The van der Waals surface area contributed by atoms with Gasteiger partial charge in [0.2, 0.25) is 0 Å². The molecule has 92 valence electrons. The van der Waals surface area contributed by atoms with E-state index in [4.69, 9.17) is 10.5 Å². The van der Waals surface area contributed by atoms with Crippen LogP contribution in [0.1, 0.15) is 25.7 Å². The van der Waals surface area contributed by atoms with Gasteiger partial charge in [-0.15, -0.1) is 0 Å². The predicted molar refractivity (Wildman–Crippen MR) is 61.8 cm³/mol. The molecule has 0 aromatic heterocycles. The molecule has 16 heavy (non-hydrogen) atoms. The van der Waals surface area contributed by atoms with Crippen LogP contribution < -0.4 is 11.1 Å². The highest BCUT2D eigenvalue weighted by atomic mass is 16.5. The molecule has 4 nitrogen and oxygen atoms in total. The van der Waals surface area contributed by atoms with Gasteiger partial charge in [0.25, 0.3) is 0 Å². The Bertz CT molecular complexity index is 237. The Hall–Kier alpha value is -0.610. The third-order valence-corrected chi connectivity index (χ3v) is 3.78. The molecular weight excluding hydrogens is 204 g/mol. The van der Waals surface area contributed by atoms with Gasteiger partial charge in [-0.1, -0.05) is 0 Å². The summed E-state index contributed by atoms with van der Waals surface area (Å²) in [5.41, 5.74) is 5.56. The van der Waals surface area contributed by atoms with Gasteiger partial charge in [-0.05, 0) is 50.0 Å². The van der Waals surface area contributed by atoms with Gasteiger partial charge in [-0.2, -0.15) is 0 Å². The quantitative estimate of drug-likeness (QED) is 0.621. The summed E-state index contributed by atoms with van der Waals surface area (Å²) >= 11 is 0. The maximum Gasteiger partial charge on any atom is 0.324 e. The molecule has 0 aromatic rings. The van der Waals surface area contributed by atoms with Gasteiger partial charge in [-0.25, -0.2) is 0 Å². The Morgan fingerprint density at radius 2 is 1.94 bits per heavy atom. The monoisotopic (exact) mass is 226 g/mol. The molecule has 2 saturated carbocycles. The Kier molecular flexibility index (Phi) is 3.82. The molecule has 4 heteroatoms. The van der Waals surface area contributed by atoms with Crippen molar-refractivity contribution in [2.75, 3.05) is 20.2 Å². The van der Waals surface area contributed by atoms with Crippen LogP contribution >= 0.6 is 0 Å². The average molecular weight is 226 g/mol. The molecule has 0 aliphatic heterocycles. The summed E-state index contributed by atoms with van der Waals surface area (Å²) in [6.07, 6.45) is 5.48. The van der Waals surface area contributed by atoms with Crippen LogP contribution in [-0.4, -0.2) is 32.2 Å². The topological polar surface area (TPSA) is 64.3 Å². The summed E-state index contributed by atoms with van der Waals surface area (Å²) in [6, 6.07) is -0.329. The largest absolute Gasteiger partial charge is 0.468 e. The van der Waals surface area contributed by atoms with Crippen LogP contribution in [0.2, 0.25) is 0 Å². The number of methoxy groups -OCH3 is 1. The van der Waals surface area contributed by atoms with Crippen molar-refractivity contribution in [1.29, 1.82) is 0 Å². The number of nitrogens with one attached hydrogen (secondary N) is 1. The van der Waals surface area contributed by atoms with Gasteiger partial charge in [0, 0.05) is 6.54 Å². The van der Waals surface area contributed by atoms with E-state index in [0.29, 0.717) is 6.54 Å². The SMILES string of the molecule is COC(=O)C(CN)NCC(C1CC1)C1CC1. The first-order valence-corrected chi connectivity index (χ1v) is 6.27. The van der Waals surface area contributed by atoms with Gasteiger partial charge in [-0.3, -0.25) is 4.79 Å². The molecule has 0 amide bonds. The lowest BCUT2D eigenvalue weighted by molar-refractivity contribution is -0.142. The zero-order chi connectivity index (χ0) is 11.5. The first kappa shape index (κ1) is 11.9. The number of hydrogen-bond donors (Lipinski definition) is 2. The minimum Gasteiger partial charge on any atom is -0.468 e. The number of ether oxygens (including phenoxy) is 1. The highest BCUT2D eigenvalue weighted by Crippen LogP contribution is 2.48. The lowest BCUT2D eigenvalue weighted by atomic mass is 9.97. The van der Waals surface area contributed by atoms with Crippen molar-refractivity contribution in [1.82, 2.24) is 5.32 Å². The van der Waals surface area contributed by atoms with Gasteiger partial charge in [0.15, 0.2) is 0 Å². The minimum atomic E-state index is -0.329. The lowest BCUT2D eigenvalue weighted by Crippen LogP contribution is -2.45. The maximum absolute atomic E-state index is 11.4. The van der Waals surface area contributed by atoms with E-state index >= 15 is 0 Å². The molecule has 0 heterocycles. The normalized spacial score (nSPS) is 22.2. The Morgan fingerprint density at radius 3 is 2.31 bits per heavy atom. The fourth-order valence-electron chi connectivity index (χ4n) is 2.45. The highest BCUT2D eigenvalue weighted by molar-refractivity contribution is 5.75. The van der Waals surface area contributed by atoms with E-state index in [1.54, 1.807) is 0 Å². The van der Waals surface area contributed by atoms with E-state index in [-0.39, 0.29) is 12.0 Å². The van der Waals surface area contributed by atoms with Crippen LogP contribution in [0, 0.1) is 17.8 Å². The third kappa shape index (κ3) is 2.95. The van der Waals surface area contributed by atoms with E-state index in [1.165, 1.54) is 32.8 Å². The molecule has 1 atom stereocenters. The standard InChI is InChI=1S/C12H22N2O2/c1-16-12(15)11(6-13)14-7-10(8-2-3-8)9-4-5-9/h8-11,14H,2-7,13H2,1H3. The summed E-state index contributed by atoms with van der Waals surface area (Å²) in [5.74, 6) is 2.32. The van der Waals surface area contributed by atoms with E-state index < -0.39 is 0 Å². The molecule has 0 spiro atoms. The summed E-state index contributed by atoms with van der Waals surface area (Å²) < 4.78 is 4.71. The van der Waals surface area contributed by atoms with Gasteiger partial charge >= 0.3 is 5.97 Å². The second-order valence-corrected chi connectivity index (χ2v) is 5.06. The van der Waals surface area contributed by atoms with Crippen molar-refractivity contribution in [2.24, 2.45) is 23.5 Å². The fraction of sp³-hybridized carbons (Fsp3) is 0.917. The number of esters is 1. The van der Waals surface area contributed by atoms with Crippen molar-refractivity contribution in [3.05, 3.63) is 0 Å². The number of carbonyl (C=O) groups excluding carboxylic acids is 1. The van der Waals surface area contributed by atoms with Gasteiger partial charge in [0.05, 0.1) is 7.11 Å². The molecular formula is C12H22N2O2. The Labute approximate surface area is 96.9 Å². The molecule has 2 aliphatic carbocycles. The molecule has 1 unspecified atom stereocenters. The Balaban J connectivity index is 1.76. The average Bonchev–Trinajstić information content (AvgIpc) is 3.16. The second kappa shape index (κ2) is 5.15. The van der Waals surface area contributed by atoms with Crippen LogP contribution in [-0.2, 0) is 9.53 Å². The highest BCUT2D eigenvalue weighted by Gasteiger charge is 2.41. The van der Waals surface area contributed by atoms with Crippen LogP contribution in [0.25, 0.3) is 0 Å². The van der Waals surface area contributed by atoms with Crippen LogP contribution in [0.3, 0.4) is 0 Å². The molecule has 0 saturated heterocycles. The van der Waals surface area contributed by atoms with Crippen molar-refractivity contribution < 1.29 is 9.53 Å². The minimum absolute atomic E-state index is 0.243. The molecule has 2 aliphatic rings. The first-order valence-electron chi connectivity index (χ1n) is 6.27. The van der Waals surface area contributed by atoms with E-state index in [2.05, 4.69) is 5.32 Å². The molecule has 0 bridgehead atoms. The summed E-state index contributed by atoms with van der Waals surface area (Å²) in [7, 11) is 1.41. The van der Waals surface area contributed by atoms with Crippen molar-refractivity contribution in [3.63, 3.8) is 0 Å². The van der Waals surface area contributed by atoms with Gasteiger partial charge in [0.1, 0.15) is 6.04 Å². The predicted octanol–water partition coefficient (Wildman–Crippen LogP) is 0.513. The zero-order valence-corrected chi connectivity index (χ0v) is 9.95. The number of rotatable bonds is 7. The van der Waals surface area contributed by atoms with E-state index in [1.807, 2.05) is 0 Å². The summed E-state index contributed by atoms with van der Waals surface area (Å²) in [5, 5.41) is 3.26. The van der Waals surface area contributed by atoms with Crippen molar-refractivity contribution >= 4 is 5.97 Å². The fourth-order valence-corrected chi connectivity index (χ4v) is 2.45. The van der Waals surface area contributed by atoms with E-state index in [0.717, 1.165) is 24.3 Å². The molecule has 0 aromatic carbocycles. The number of carbonyl (C=O) groups is 1. The third-order valence-electron chi connectivity index (χ3n) is 3.78. The van der Waals surface area contributed by atoms with Crippen LogP contribution in [0.4, 0.5) is 0 Å². The summed E-state index contributed by atoms with van der Waals surface area (Å²) in [6.45, 7) is 1.24. The number of hydrogen-bond acceptors (Lipinski definition) is 4. The van der Waals surface area contributed by atoms with E-state index in [9.17, 15) is 4.79 Å². The molecule has 0 radical (unpaired) electrons. The first-order chi connectivity index (χ1) is 7.76. The number of nitrogens with two attached hydrogens (primary N) is 1. The molecule has 2 rings (SSSR count). The van der Waals surface area contributed by atoms with Crippen LogP contribution in [0.15, 0.2) is 0 Å². The molecule has 3 N–H and O–H groups in total. The smallest absolute Gasteiger partial charge is 0.324 e. The van der Waals surface area contributed by atoms with Crippen molar-refractivity contribution in [2.45, 2.75) is 31.7 Å². The van der Waals surface area contributed by atoms with Gasteiger partial charge < -0.3 is 15.8 Å². The maximum atomic E-state index is 11.4. The Morgan fingerprint density at radius 1 is 1.38 bits per heavy atom. The zero-order valence-electron chi connectivity index (χ0n) is 9.95. The molecule has 2 fully saturated rings. The summed E-state index contributed by atoms with van der Waals surface area (Å²) in [4.78, 5) is 11.4. The van der Waals surface area contributed by atoms with Crippen molar-refractivity contribution in [3.8, 4) is 0 Å². The lowest BCUT2D eigenvalue weighted by Gasteiger charge is -2.20. The van der Waals surface area contributed by atoms with Crippen LogP contribution in [0.5, 0.6) is 0 Å².